The van der Waals surface area contributed by atoms with Crippen LogP contribution in [-0.2, 0) is 6.18 Å². The van der Waals surface area contributed by atoms with Gasteiger partial charge in [-0.25, -0.2) is 0 Å². The van der Waals surface area contributed by atoms with E-state index >= 15 is 0 Å². The molecule has 0 aliphatic heterocycles. The number of hydrogen-bond acceptors (Lipinski definition) is 6. The minimum atomic E-state index is -4.74. The molecular weight excluding hydrogens is 393 g/mol. The largest absolute Gasteiger partial charge is 0.416 e. The second-order valence-corrected chi connectivity index (χ2v) is 5.89. The van der Waals surface area contributed by atoms with Crippen LogP contribution >= 0.6 is 0 Å². The molecule has 1 heterocycles. The number of carbonyl (C=O) groups is 1. The average molecular weight is 406 g/mol. The third-order valence-electron chi connectivity index (χ3n) is 3.97. The zero-order valence-electron chi connectivity index (χ0n) is 14.8. The molecule has 0 unspecified atom stereocenters. The Kier molecular flexibility index (Phi) is 5.22. The number of hydrazine groups is 1. The maximum atomic E-state index is 12.8. The fourth-order valence-electron chi connectivity index (χ4n) is 2.58. The van der Waals surface area contributed by atoms with Crippen molar-refractivity contribution >= 4 is 17.3 Å². The summed E-state index contributed by atoms with van der Waals surface area (Å²) in [4.78, 5) is 22.7. The summed E-state index contributed by atoms with van der Waals surface area (Å²) in [7, 11) is 0. The van der Waals surface area contributed by atoms with Crippen molar-refractivity contribution in [2.24, 2.45) is 0 Å². The van der Waals surface area contributed by atoms with Crippen molar-refractivity contribution in [1.82, 2.24) is 10.6 Å². The first-order valence-corrected chi connectivity index (χ1v) is 8.12. The summed E-state index contributed by atoms with van der Waals surface area (Å²) in [6.45, 7) is 1.51. The molecule has 0 bridgehead atoms. The lowest BCUT2D eigenvalue weighted by atomic mass is 10.1. The molecule has 0 saturated carbocycles. The van der Waals surface area contributed by atoms with Gasteiger partial charge in [-0.3, -0.25) is 25.8 Å². The summed E-state index contributed by atoms with van der Waals surface area (Å²) < 4.78 is 43.4. The van der Waals surface area contributed by atoms with Crippen LogP contribution in [0.1, 0.15) is 21.7 Å². The number of nitrogens with one attached hydrogen (secondary N) is 2. The first kappa shape index (κ1) is 19.9. The van der Waals surface area contributed by atoms with E-state index in [0.29, 0.717) is 17.7 Å². The number of nitro benzene ring substituents is 1. The summed E-state index contributed by atoms with van der Waals surface area (Å²) in [5, 5.41) is 15.0. The van der Waals surface area contributed by atoms with Gasteiger partial charge in [0, 0.05) is 11.6 Å². The van der Waals surface area contributed by atoms with Crippen LogP contribution in [-0.4, -0.2) is 16.0 Å². The lowest BCUT2D eigenvalue weighted by Crippen LogP contribution is -2.30. The Balaban J connectivity index is 1.86. The first-order valence-electron chi connectivity index (χ1n) is 8.12. The number of aryl methyl sites for hydroxylation is 1. The molecule has 1 amide bonds. The topological polar surface area (TPSA) is 110 Å². The lowest BCUT2D eigenvalue weighted by Gasteiger charge is -2.11. The number of nitro groups is 1. The quantitative estimate of drug-likeness (QED) is 0.482. The molecule has 3 rings (SSSR count). The SMILES string of the molecule is Cc1onc(-c2ccccc2)c1C(=O)NNc1ccc(C(F)(F)F)cc1[N+](=O)[O-]. The van der Waals surface area contributed by atoms with Crippen LogP contribution in [0.15, 0.2) is 53.1 Å². The van der Waals surface area contributed by atoms with E-state index in [1.165, 1.54) is 6.92 Å². The van der Waals surface area contributed by atoms with Gasteiger partial charge in [0.05, 0.1) is 10.5 Å². The highest BCUT2D eigenvalue weighted by Crippen LogP contribution is 2.34. The van der Waals surface area contributed by atoms with Crippen molar-refractivity contribution < 1.29 is 27.4 Å². The van der Waals surface area contributed by atoms with Gasteiger partial charge >= 0.3 is 6.18 Å². The summed E-state index contributed by atoms with van der Waals surface area (Å²) in [6, 6.07) is 10.6. The van der Waals surface area contributed by atoms with E-state index in [4.69, 9.17) is 4.52 Å². The van der Waals surface area contributed by atoms with Gasteiger partial charge in [-0.15, -0.1) is 0 Å². The summed E-state index contributed by atoms with van der Waals surface area (Å²) in [5.41, 5.74) is 3.13. The zero-order chi connectivity index (χ0) is 21.2. The van der Waals surface area contributed by atoms with Gasteiger partial charge in [-0.05, 0) is 19.1 Å². The molecule has 0 fully saturated rings. The van der Waals surface area contributed by atoms with Gasteiger partial charge < -0.3 is 4.52 Å². The number of anilines is 1. The van der Waals surface area contributed by atoms with Gasteiger partial charge in [0.15, 0.2) is 0 Å². The van der Waals surface area contributed by atoms with Gasteiger partial charge in [0.2, 0.25) is 0 Å². The van der Waals surface area contributed by atoms with Crippen molar-refractivity contribution in [2.75, 3.05) is 5.43 Å². The zero-order valence-corrected chi connectivity index (χ0v) is 14.8. The number of nitrogens with zero attached hydrogens (tertiary/aromatic N) is 2. The number of halogens is 3. The van der Waals surface area contributed by atoms with Crippen molar-refractivity contribution in [2.45, 2.75) is 13.1 Å². The maximum Gasteiger partial charge on any atom is 0.416 e. The van der Waals surface area contributed by atoms with Gasteiger partial charge in [-0.2, -0.15) is 13.2 Å². The van der Waals surface area contributed by atoms with Crippen molar-refractivity contribution in [3.8, 4) is 11.3 Å². The number of alkyl halides is 3. The van der Waals surface area contributed by atoms with Crippen LogP contribution in [0.2, 0.25) is 0 Å². The minimum absolute atomic E-state index is 0.0817. The predicted octanol–water partition coefficient (Wildman–Crippen LogP) is 4.33. The third-order valence-corrected chi connectivity index (χ3v) is 3.97. The Hall–Kier alpha value is -3.89. The van der Waals surface area contributed by atoms with Gasteiger partial charge in [0.25, 0.3) is 11.6 Å². The Labute approximate surface area is 161 Å². The second-order valence-electron chi connectivity index (χ2n) is 5.89. The number of carbonyl (C=O) groups excluding carboxylic acids is 1. The molecule has 29 heavy (non-hydrogen) atoms. The number of amides is 1. The Bertz CT molecular complexity index is 1060. The van der Waals surface area contributed by atoms with E-state index in [9.17, 15) is 28.1 Å². The van der Waals surface area contributed by atoms with E-state index in [2.05, 4.69) is 16.0 Å². The van der Waals surface area contributed by atoms with Crippen molar-refractivity contribution in [3.63, 3.8) is 0 Å². The molecule has 0 atom stereocenters. The highest BCUT2D eigenvalue weighted by atomic mass is 19.4. The van der Waals surface area contributed by atoms with Crippen molar-refractivity contribution in [1.29, 1.82) is 0 Å². The van der Waals surface area contributed by atoms with Crippen LogP contribution in [0.4, 0.5) is 24.5 Å². The third kappa shape index (κ3) is 4.18. The summed E-state index contributed by atoms with van der Waals surface area (Å²) >= 11 is 0. The van der Waals surface area contributed by atoms with E-state index in [1.54, 1.807) is 30.3 Å². The minimum Gasteiger partial charge on any atom is -0.360 e. The number of benzene rings is 2. The molecule has 0 radical (unpaired) electrons. The van der Waals surface area contributed by atoms with Crippen LogP contribution in [0.25, 0.3) is 11.3 Å². The number of hydrogen-bond donors (Lipinski definition) is 2. The Morgan fingerprint density at radius 3 is 2.48 bits per heavy atom. The second kappa shape index (κ2) is 7.62. The summed E-state index contributed by atoms with van der Waals surface area (Å²) in [5.74, 6) is -0.526. The van der Waals surface area contributed by atoms with Crippen LogP contribution in [0.5, 0.6) is 0 Å². The number of rotatable bonds is 5. The molecule has 0 aliphatic rings. The molecule has 2 aromatic carbocycles. The molecule has 8 nitrogen and oxygen atoms in total. The molecule has 1 aromatic heterocycles. The van der Waals surface area contributed by atoms with E-state index in [-0.39, 0.29) is 22.7 Å². The molecule has 3 aromatic rings. The normalized spacial score (nSPS) is 11.2. The predicted molar refractivity (Wildman–Crippen MR) is 95.9 cm³/mol. The first-order chi connectivity index (χ1) is 13.7. The molecule has 11 heteroatoms. The fourth-order valence-corrected chi connectivity index (χ4v) is 2.58. The van der Waals surface area contributed by atoms with Gasteiger partial charge in [-0.1, -0.05) is 35.5 Å². The number of aromatic nitrogens is 1. The standard InChI is InChI=1S/C18H13F3N4O4/c1-10-15(16(24-29-10)11-5-3-2-4-6-11)17(26)23-22-13-8-7-12(18(19,20)21)9-14(13)25(27)28/h2-9,22H,1H3,(H,23,26). The van der Waals surface area contributed by atoms with E-state index < -0.39 is 28.3 Å². The Morgan fingerprint density at radius 1 is 1.17 bits per heavy atom. The maximum absolute atomic E-state index is 12.8. The Morgan fingerprint density at radius 2 is 1.86 bits per heavy atom. The monoisotopic (exact) mass is 406 g/mol. The van der Waals surface area contributed by atoms with E-state index in [0.717, 1.165) is 6.07 Å². The molecule has 0 spiro atoms. The smallest absolute Gasteiger partial charge is 0.360 e. The van der Waals surface area contributed by atoms with Crippen LogP contribution in [0.3, 0.4) is 0 Å². The molecular formula is C18H13F3N4O4. The van der Waals surface area contributed by atoms with Crippen LogP contribution < -0.4 is 10.9 Å². The molecule has 0 aliphatic carbocycles. The van der Waals surface area contributed by atoms with E-state index in [1.807, 2.05) is 0 Å². The highest BCUT2D eigenvalue weighted by Gasteiger charge is 2.33. The fraction of sp³-hybridized carbons (Fsp3) is 0.111. The average Bonchev–Trinajstić information content (AvgIpc) is 3.07. The molecule has 150 valence electrons. The summed E-state index contributed by atoms with van der Waals surface area (Å²) in [6.07, 6.45) is -4.74. The van der Waals surface area contributed by atoms with Gasteiger partial charge in [0.1, 0.15) is 22.7 Å². The van der Waals surface area contributed by atoms with Crippen LogP contribution in [0, 0.1) is 17.0 Å². The van der Waals surface area contributed by atoms with Crippen molar-refractivity contribution in [3.05, 3.63) is 75.5 Å². The molecule has 0 saturated heterocycles. The lowest BCUT2D eigenvalue weighted by molar-refractivity contribution is -0.384. The highest BCUT2D eigenvalue weighted by molar-refractivity contribution is 6.01. The molecule has 2 N–H and O–H groups in total.